The van der Waals surface area contributed by atoms with Crippen LogP contribution in [-0.2, 0) is 0 Å². The smallest absolute Gasteiger partial charge is 0.143 e. The average Bonchev–Trinajstić information content (AvgIpc) is 2.17. The highest BCUT2D eigenvalue weighted by Gasteiger charge is 2.04. The van der Waals surface area contributed by atoms with Crippen LogP contribution in [0.3, 0.4) is 0 Å². The van der Waals surface area contributed by atoms with Crippen molar-refractivity contribution in [3.05, 3.63) is 35.4 Å². The number of hydrogen-bond donors (Lipinski definition) is 3. The highest BCUT2D eigenvalue weighted by Crippen LogP contribution is 2.16. The Hall–Kier alpha value is -0.900. The summed E-state index contributed by atoms with van der Waals surface area (Å²) in [7, 11) is 0. The Morgan fingerprint density at radius 2 is 1.62 bits per heavy atom. The number of aliphatic hydroxyl groups excluding tert-OH is 1. The number of nitrogens with two attached hydrogens (primary N) is 1. The second kappa shape index (κ2) is 4.37. The first-order chi connectivity index (χ1) is 6.15. The van der Waals surface area contributed by atoms with Gasteiger partial charge >= 0.3 is 0 Å². The maximum absolute atomic E-state index is 9.32. The molecule has 0 heterocycles. The molecule has 0 radical (unpaired) electrons. The van der Waals surface area contributed by atoms with Crippen LogP contribution < -0.4 is 11.3 Å². The summed E-state index contributed by atoms with van der Waals surface area (Å²) in [6, 6.07) is 7.75. The molecule has 0 saturated heterocycles. The van der Waals surface area contributed by atoms with E-state index in [2.05, 4.69) is 19.3 Å². The number of nitrogens with one attached hydrogen (secondary N) is 1. The zero-order valence-corrected chi connectivity index (χ0v) is 7.99. The van der Waals surface area contributed by atoms with Gasteiger partial charge in [0.05, 0.1) is 0 Å². The molecule has 1 aromatic rings. The van der Waals surface area contributed by atoms with Crippen molar-refractivity contribution in [2.45, 2.75) is 26.0 Å². The molecule has 72 valence electrons. The molecule has 1 unspecified atom stereocenters. The lowest BCUT2D eigenvalue weighted by Gasteiger charge is -2.11. The van der Waals surface area contributed by atoms with Crippen LogP contribution in [0.1, 0.15) is 37.1 Å². The SMILES string of the molecule is CC(C)c1ccc(C(O)NN)cc1. The normalized spacial score (nSPS) is 13.3. The van der Waals surface area contributed by atoms with Gasteiger partial charge in [-0.1, -0.05) is 38.1 Å². The van der Waals surface area contributed by atoms with E-state index in [-0.39, 0.29) is 0 Å². The minimum atomic E-state index is -0.777. The van der Waals surface area contributed by atoms with Crippen molar-refractivity contribution in [3.8, 4) is 0 Å². The van der Waals surface area contributed by atoms with E-state index >= 15 is 0 Å². The Balaban J connectivity index is 2.81. The molecule has 1 aromatic carbocycles. The quantitative estimate of drug-likeness (QED) is 0.373. The molecule has 0 saturated carbocycles. The first-order valence-corrected chi connectivity index (χ1v) is 4.39. The summed E-state index contributed by atoms with van der Waals surface area (Å²) < 4.78 is 0. The number of hydrogen-bond acceptors (Lipinski definition) is 3. The van der Waals surface area contributed by atoms with Crippen LogP contribution in [0, 0.1) is 0 Å². The Labute approximate surface area is 78.5 Å². The Kier molecular flexibility index (Phi) is 3.42. The molecule has 0 aliphatic heterocycles. The summed E-state index contributed by atoms with van der Waals surface area (Å²) in [6.45, 7) is 4.26. The molecule has 0 bridgehead atoms. The molecular formula is C10H16N2O. The zero-order chi connectivity index (χ0) is 9.84. The summed E-state index contributed by atoms with van der Waals surface area (Å²) in [5.74, 6) is 5.61. The van der Waals surface area contributed by atoms with Crippen LogP contribution in [0.4, 0.5) is 0 Å². The summed E-state index contributed by atoms with van der Waals surface area (Å²) in [5.41, 5.74) is 4.33. The molecule has 13 heavy (non-hydrogen) atoms. The van der Waals surface area contributed by atoms with E-state index in [4.69, 9.17) is 5.84 Å². The number of rotatable bonds is 3. The van der Waals surface area contributed by atoms with Gasteiger partial charge in [-0.25, -0.2) is 5.43 Å². The molecule has 1 rings (SSSR count). The fraction of sp³-hybridized carbons (Fsp3) is 0.400. The van der Waals surface area contributed by atoms with Crippen LogP contribution in [0.25, 0.3) is 0 Å². The highest BCUT2D eigenvalue weighted by atomic mass is 16.3. The molecule has 3 heteroatoms. The predicted molar refractivity (Wildman–Crippen MR) is 52.8 cm³/mol. The predicted octanol–water partition coefficient (Wildman–Crippen LogP) is 1.26. The number of aliphatic hydroxyl groups is 1. The average molecular weight is 180 g/mol. The fourth-order valence-corrected chi connectivity index (χ4v) is 1.16. The monoisotopic (exact) mass is 180 g/mol. The van der Waals surface area contributed by atoms with Gasteiger partial charge < -0.3 is 5.11 Å². The molecule has 0 aromatic heterocycles. The summed E-state index contributed by atoms with van der Waals surface area (Å²) >= 11 is 0. The highest BCUT2D eigenvalue weighted by molar-refractivity contribution is 5.25. The van der Waals surface area contributed by atoms with Crippen LogP contribution in [0.2, 0.25) is 0 Å². The molecule has 0 spiro atoms. The van der Waals surface area contributed by atoms with Crippen LogP contribution in [0.5, 0.6) is 0 Å². The van der Waals surface area contributed by atoms with E-state index in [1.165, 1.54) is 5.56 Å². The van der Waals surface area contributed by atoms with E-state index in [9.17, 15) is 5.11 Å². The van der Waals surface area contributed by atoms with E-state index < -0.39 is 6.23 Å². The first kappa shape index (κ1) is 10.2. The van der Waals surface area contributed by atoms with E-state index in [1.807, 2.05) is 24.3 Å². The largest absolute Gasteiger partial charge is 0.373 e. The Morgan fingerprint density at radius 1 is 1.15 bits per heavy atom. The topological polar surface area (TPSA) is 58.3 Å². The van der Waals surface area contributed by atoms with Crippen molar-refractivity contribution in [1.29, 1.82) is 0 Å². The third-order valence-electron chi connectivity index (χ3n) is 2.08. The van der Waals surface area contributed by atoms with E-state index in [1.54, 1.807) is 0 Å². The minimum Gasteiger partial charge on any atom is -0.373 e. The number of hydrazine groups is 1. The van der Waals surface area contributed by atoms with E-state index in [0.29, 0.717) is 5.92 Å². The zero-order valence-electron chi connectivity index (χ0n) is 7.99. The van der Waals surface area contributed by atoms with Gasteiger partial charge in [-0.15, -0.1) is 0 Å². The lowest BCUT2D eigenvalue weighted by molar-refractivity contribution is 0.140. The van der Waals surface area contributed by atoms with E-state index in [0.717, 1.165) is 5.56 Å². The lowest BCUT2D eigenvalue weighted by Crippen LogP contribution is -2.27. The van der Waals surface area contributed by atoms with Crippen LogP contribution in [-0.4, -0.2) is 5.11 Å². The molecule has 3 nitrogen and oxygen atoms in total. The van der Waals surface area contributed by atoms with Gasteiger partial charge in [0.15, 0.2) is 0 Å². The van der Waals surface area contributed by atoms with Crippen molar-refractivity contribution in [3.63, 3.8) is 0 Å². The van der Waals surface area contributed by atoms with Crippen molar-refractivity contribution in [2.75, 3.05) is 0 Å². The molecule has 0 aliphatic carbocycles. The molecule has 0 fully saturated rings. The van der Waals surface area contributed by atoms with Gasteiger partial charge in [-0.05, 0) is 17.0 Å². The molecular weight excluding hydrogens is 164 g/mol. The minimum absolute atomic E-state index is 0.511. The second-order valence-corrected chi connectivity index (χ2v) is 3.39. The van der Waals surface area contributed by atoms with Gasteiger partial charge in [-0.2, -0.15) is 0 Å². The van der Waals surface area contributed by atoms with Crippen molar-refractivity contribution in [2.24, 2.45) is 5.84 Å². The van der Waals surface area contributed by atoms with Gasteiger partial charge in [-0.3, -0.25) is 5.84 Å². The third-order valence-corrected chi connectivity index (χ3v) is 2.08. The van der Waals surface area contributed by atoms with Gasteiger partial charge in [0.1, 0.15) is 6.23 Å². The third kappa shape index (κ3) is 2.52. The first-order valence-electron chi connectivity index (χ1n) is 4.39. The summed E-state index contributed by atoms with van der Waals surface area (Å²) in [6.07, 6.45) is -0.777. The number of benzene rings is 1. The summed E-state index contributed by atoms with van der Waals surface area (Å²) in [4.78, 5) is 0. The maximum Gasteiger partial charge on any atom is 0.143 e. The molecule has 4 N–H and O–H groups in total. The van der Waals surface area contributed by atoms with Gasteiger partial charge in [0.2, 0.25) is 0 Å². The van der Waals surface area contributed by atoms with Gasteiger partial charge in [0.25, 0.3) is 0 Å². The second-order valence-electron chi connectivity index (χ2n) is 3.39. The Bertz CT molecular complexity index is 256. The van der Waals surface area contributed by atoms with Crippen molar-refractivity contribution < 1.29 is 5.11 Å². The van der Waals surface area contributed by atoms with Gasteiger partial charge in [0, 0.05) is 0 Å². The van der Waals surface area contributed by atoms with Crippen molar-refractivity contribution in [1.82, 2.24) is 5.43 Å². The standard InChI is InChI=1S/C10H16N2O/c1-7(2)8-3-5-9(6-4-8)10(13)12-11/h3-7,10,12-13H,11H2,1-2H3. The maximum atomic E-state index is 9.32. The fourth-order valence-electron chi connectivity index (χ4n) is 1.16. The molecule has 0 aliphatic rings. The van der Waals surface area contributed by atoms with Crippen molar-refractivity contribution >= 4 is 0 Å². The molecule has 1 atom stereocenters. The summed E-state index contributed by atoms with van der Waals surface area (Å²) in [5, 5.41) is 9.32. The Morgan fingerprint density at radius 3 is 2.00 bits per heavy atom. The van der Waals surface area contributed by atoms with Crippen LogP contribution in [0.15, 0.2) is 24.3 Å². The van der Waals surface area contributed by atoms with Crippen LogP contribution >= 0.6 is 0 Å². The molecule has 0 amide bonds. The lowest BCUT2D eigenvalue weighted by atomic mass is 10.0.